The van der Waals surface area contributed by atoms with Gasteiger partial charge in [0.05, 0.1) is 0 Å². The van der Waals surface area contributed by atoms with Gasteiger partial charge in [0, 0.05) is 5.56 Å². The number of aryl methyl sites for hydroxylation is 2. The number of hydrogen-bond donors (Lipinski definition) is 3. The third-order valence-corrected chi connectivity index (χ3v) is 6.94. The fourth-order valence-corrected chi connectivity index (χ4v) is 4.73. The average Bonchev–Trinajstić information content (AvgIpc) is 2.82. The molecule has 3 aromatic carbocycles. The monoisotopic (exact) mass is 545 g/mol. The number of ether oxygens (including phenoxy) is 1. The first-order chi connectivity index (χ1) is 18.4. The molecule has 0 aliphatic rings. The predicted molar refractivity (Wildman–Crippen MR) is 160 cm³/mol. The van der Waals surface area contributed by atoms with Gasteiger partial charge in [-0.25, -0.2) is 4.79 Å². The van der Waals surface area contributed by atoms with E-state index in [0.29, 0.717) is 0 Å². The Bertz CT molecular complexity index is 1330. The van der Waals surface area contributed by atoms with E-state index in [4.69, 9.17) is 9.84 Å². The smallest absolute Gasteiger partial charge is 0.356 e. The second-order valence-electron chi connectivity index (χ2n) is 13.1. The Kier molecular flexibility index (Phi) is 8.85. The molecule has 3 N–H and O–H groups in total. The molecular formula is C34H43NO5. The molecule has 2 atom stereocenters. The number of carbonyl (C=O) groups excluding carboxylic acids is 1. The van der Waals surface area contributed by atoms with E-state index in [2.05, 4.69) is 97.1 Å². The molecule has 0 aliphatic carbocycles. The van der Waals surface area contributed by atoms with E-state index in [1.165, 1.54) is 16.7 Å². The predicted octanol–water partition coefficient (Wildman–Crippen LogP) is 7.35. The van der Waals surface area contributed by atoms with Crippen molar-refractivity contribution in [1.29, 1.82) is 0 Å². The first-order valence-electron chi connectivity index (χ1n) is 13.6. The summed E-state index contributed by atoms with van der Waals surface area (Å²) in [4.78, 5) is 23.6. The molecule has 3 rings (SSSR count). The number of rotatable bonds is 8. The quantitative estimate of drug-likeness (QED) is 0.257. The molecule has 3 aromatic rings. The topological polar surface area (TPSA) is 95.9 Å². The van der Waals surface area contributed by atoms with Crippen molar-refractivity contribution in [1.82, 2.24) is 5.32 Å². The number of carboxylic acids is 1. The van der Waals surface area contributed by atoms with Crippen molar-refractivity contribution < 1.29 is 24.5 Å². The van der Waals surface area contributed by atoms with Crippen LogP contribution in [0.25, 0.3) is 11.1 Å². The van der Waals surface area contributed by atoms with Gasteiger partial charge in [-0.1, -0.05) is 77.9 Å². The second kappa shape index (κ2) is 11.5. The molecular weight excluding hydrogens is 502 g/mol. The maximum Gasteiger partial charge on any atom is 0.356 e. The van der Waals surface area contributed by atoms with Crippen LogP contribution in [-0.2, 0) is 10.2 Å². The zero-order valence-electron chi connectivity index (χ0n) is 25.2. The second-order valence-corrected chi connectivity index (χ2v) is 13.1. The van der Waals surface area contributed by atoms with Crippen LogP contribution in [0, 0.1) is 19.3 Å². The van der Waals surface area contributed by atoms with E-state index in [9.17, 15) is 14.7 Å². The molecule has 0 heterocycles. The van der Waals surface area contributed by atoms with Crippen LogP contribution in [0.15, 0.2) is 60.7 Å². The minimum absolute atomic E-state index is 0.0280. The molecule has 0 fully saturated rings. The molecule has 2 unspecified atom stereocenters. The van der Waals surface area contributed by atoms with Crippen molar-refractivity contribution in [2.45, 2.75) is 86.0 Å². The Morgan fingerprint density at radius 1 is 0.850 bits per heavy atom. The molecule has 0 saturated carbocycles. The van der Waals surface area contributed by atoms with Crippen LogP contribution in [0.1, 0.15) is 93.6 Å². The minimum atomic E-state index is -2.36. The first kappa shape index (κ1) is 30.9. The van der Waals surface area contributed by atoms with Crippen molar-refractivity contribution >= 4 is 11.9 Å². The van der Waals surface area contributed by atoms with Gasteiger partial charge in [-0.2, -0.15) is 0 Å². The molecule has 0 radical (unpaired) electrons. The fourth-order valence-electron chi connectivity index (χ4n) is 4.73. The molecule has 214 valence electrons. The number of aliphatic hydroxyl groups is 1. The number of carboxylic acid groups (broad SMARTS) is 1. The summed E-state index contributed by atoms with van der Waals surface area (Å²) in [5.41, 5.74) is 4.79. The Hall–Kier alpha value is -3.64. The molecule has 0 aliphatic heterocycles. The van der Waals surface area contributed by atoms with Crippen molar-refractivity contribution in [3.05, 3.63) is 88.5 Å². The van der Waals surface area contributed by atoms with Crippen molar-refractivity contribution in [3.8, 4) is 16.9 Å². The number of amides is 1. The summed E-state index contributed by atoms with van der Waals surface area (Å²) in [5, 5.41) is 21.1. The number of hydrogen-bond acceptors (Lipinski definition) is 4. The Labute approximate surface area is 238 Å². The van der Waals surface area contributed by atoms with Crippen LogP contribution < -0.4 is 10.1 Å². The summed E-state index contributed by atoms with van der Waals surface area (Å²) < 4.78 is 6.59. The molecule has 6 nitrogen and oxygen atoms in total. The first-order valence-corrected chi connectivity index (χ1v) is 13.6. The van der Waals surface area contributed by atoms with Gasteiger partial charge in [0.15, 0.2) is 0 Å². The standard InChI is InChI=1S/C34H43NO5/c1-21-18-27(19-22(2)29(21)24-14-16-26(17-15-24)33(6,7)8)40-28(20-32(3,4)5)23-10-12-25(13-11-23)30(36)35-34(9,39)31(37)38/h10-19,28,39H,20H2,1-9H3,(H,35,36)(H,37,38). The van der Waals surface area contributed by atoms with E-state index in [1.807, 2.05) is 12.1 Å². The number of carbonyl (C=O) groups is 2. The summed E-state index contributed by atoms with van der Waals surface area (Å²) in [6, 6.07) is 19.8. The maximum absolute atomic E-state index is 12.5. The summed E-state index contributed by atoms with van der Waals surface area (Å²) >= 11 is 0. The third kappa shape index (κ3) is 7.72. The highest BCUT2D eigenvalue weighted by Crippen LogP contribution is 2.37. The van der Waals surface area contributed by atoms with Crippen LogP contribution in [0.5, 0.6) is 5.75 Å². The normalized spacial score (nSPS) is 14.2. The van der Waals surface area contributed by atoms with Crippen LogP contribution in [0.4, 0.5) is 0 Å². The lowest BCUT2D eigenvalue weighted by molar-refractivity contribution is -0.158. The van der Waals surface area contributed by atoms with E-state index in [0.717, 1.165) is 35.8 Å². The van der Waals surface area contributed by atoms with Gasteiger partial charge >= 0.3 is 5.97 Å². The van der Waals surface area contributed by atoms with Crippen LogP contribution >= 0.6 is 0 Å². The third-order valence-electron chi connectivity index (χ3n) is 6.94. The zero-order valence-corrected chi connectivity index (χ0v) is 25.2. The van der Waals surface area contributed by atoms with Gasteiger partial charge in [-0.3, -0.25) is 4.79 Å². The van der Waals surface area contributed by atoms with E-state index < -0.39 is 17.6 Å². The van der Waals surface area contributed by atoms with Gasteiger partial charge in [0.25, 0.3) is 5.91 Å². The molecule has 40 heavy (non-hydrogen) atoms. The summed E-state index contributed by atoms with van der Waals surface area (Å²) in [6.45, 7) is 18.3. The highest BCUT2D eigenvalue weighted by molar-refractivity contribution is 5.97. The van der Waals surface area contributed by atoms with Crippen LogP contribution in [-0.4, -0.2) is 27.8 Å². The Morgan fingerprint density at radius 3 is 1.82 bits per heavy atom. The van der Waals surface area contributed by atoms with E-state index in [-0.39, 0.29) is 22.5 Å². The number of aliphatic carboxylic acids is 1. The van der Waals surface area contributed by atoms with Gasteiger partial charge in [0.2, 0.25) is 5.72 Å². The summed E-state index contributed by atoms with van der Waals surface area (Å²) in [5.74, 6) is -1.43. The minimum Gasteiger partial charge on any atom is -0.486 e. The maximum atomic E-state index is 12.5. The molecule has 0 saturated heterocycles. The lowest BCUT2D eigenvalue weighted by Gasteiger charge is -2.28. The summed E-state index contributed by atoms with van der Waals surface area (Å²) in [6.07, 6.45) is 0.468. The fraction of sp³-hybridized carbons (Fsp3) is 0.412. The molecule has 1 amide bonds. The summed E-state index contributed by atoms with van der Waals surface area (Å²) in [7, 11) is 0. The lowest BCUT2D eigenvalue weighted by atomic mass is 9.85. The van der Waals surface area contributed by atoms with Gasteiger partial charge in [0.1, 0.15) is 11.9 Å². The highest BCUT2D eigenvalue weighted by Gasteiger charge is 2.32. The van der Waals surface area contributed by atoms with Crippen molar-refractivity contribution in [3.63, 3.8) is 0 Å². The van der Waals surface area contributed by atoms with Gasteiger partial charge in [-0.05, 0) is 95.7 Å². The Morgan fingerprint density at radius 2 is 1.38 bits per heavy atom. The van der Waals surface area contributed by atoms with Crippen LogP contribution in [0.2, 0.25) is 0 Å². The number of nitrogens with one attached hydrogen (secondary N) is 1. The molecule has 0 bridgehead atoms. The highest BCUT2D eigenvalue weighted by atomic mass is 16.5. The zero-order chi connectivity index (χ0) is 30.0. The Balaban J connectivity index is 1.88. The average molecular weight is 546 g/mol. The largest absolute Gasteiger partial charge is 0.486 e. The van der Waals surface area contributed by atoms with Gasteiger partial charge < -0.3 is 20.3 Å². The van der Waals surface area contributed by atoms with E-state index in [1.54, 1.807) is 12.1 Å². The lowest BCUT2D eigenvalue weighted by Crippen LogP contribution is -2.52. The molecule has 6 heteroatoms. The SMILES string of the molecule is Cc1cc(OC(CC(C)(C)C)c2ccc(C(=O)NC(C)(O)C(=O)O)cc2)cc(C)c1-c1ccc(C(C)(C)C)cc1. The number of benzene rings is 3. The van der Waals surface area contributed by atoms with Gasteiger partial charge in [-0.15, -0.1) is 0 Å². The van der Waals surface area contributed by atoms with Crippen LogP contribution in [0.3, 0.4) is 0 Å². The van der Waals surface area contributed by atoms with Crippen molar-refractivity contribution in [2.24, 2.45) is 5.41 Å². The van der Waals surface area contributed by atoms with E-state index >= 15 is 0 Å². The van der Waals surface area contributed by atoms with Crippen molar-refractivity contribution in [2.75, 3.05) is 0 Å². The molecule has 0 aromatic heterocycles. The molecule has 0 spiro atoms.